The average molecular weight is 422 g/mol. The maximum Gasteiger partial charge on any atom is 0.225 e. The van der Waals surface area contributed by atoms with E-state index in [4.69, 9.17) is 4.98 Å². The van der Waals surface area contributed by atoms with Gasteiger partial charge in [0.25, 0.3) is 0 Å². The zero-order chi connectivity index (χ0) is 21.2. The Balaban J connectivity index is 1.30. The minimum atomic E-state index is -0.326. The predicted octanol–water partition coefficient (Wildman–Crippen LogP) is 4.29. The monoisotopic (exact) mass is 421 g/mol. The van der Waals surface area contributed by atoms with Gasteiger partial charge in [-0.05, 0) is 56.2 Å². The molecule has 7 heteroatoms. The summed E-state index contributed by atoms with van der Waals surface area (Å²) in [7, 11) is 0. The van der Waals surface area contributed by atoms with E-state index >= 15 is 0 Å². The molecule has 3 aromatic rings. The Morgan fingerprint density at radius 2 is 1.94 bits per heavy atom. The third-order valence-corrected chi connectivity index (χ3v) is 6.69. The molecule has 162 valence electrons. The molecule has 1 amide bonds. The number of amides is 1. The lowest BCUT2D eigenvalue weighted by molar-refractivity contribution is -0.138. The van der Waals surface area contributed by atoms with E-state index in [-0.39, 0.29) is 11.7 Å². The van der Waals surface area contributed by atoms with E-state index in [1.165, 1.54) is 31.5 Å². The first-order valence-electron chi connectivity index (χ1n) is 11.4. The lowest BCUT2D eigenvalue weighted by Crippen LogP contribution is -2.44. The van der Waals surface area contributed by atoms with Crippen LogP contribution < -0.4 is 0 Å². The molecule has 4 heterocycles. The molecule has 3 aromatic heterocycles. The number of rotatable bonds is 4. The Kier molecular flexibility index (Phi) is 5.66. The number of hydrogen-bond donors (Lipinski definition) is 0. The third-order valence-electron chi connectivity index (χ3n) is 6.69. The van der Waals surface area contributed by atoms with E-state index in [1.807, 2.05) is 6.07 Å². The van der Waals surface area contributed by atoms with Crippen molar-refractivity contribution < 1.29 is 9.18 Å². The number of imidazole rings is 1. The summed E-state index contributed by atoms with van der Waals surface area (Å²) in [6, 6.07) is 4.98. The van der Waals surface area contributed by atoms with Crippen molar-refractivity contribution in [3.05, 3.63) is 48.3 Å². The zero-order valence-electron chi connectivity index (χ0n) is 17.7. The molecule has 1 atom stereocenters. The van der Waals surface area contributed by atoms with Crippen molar-refractivity contribution in [2.75, 3.05) is 13.1 Å². The highest BCUT2D eigenvalue weighted by molar-refractivity contribution is 5.79. The zero-order valence-corrected chi connectivity index (χ0v) is 17.7. The molecule has 0 N–H and O–H groups in total. The van der Waals surface area contributed by atoms with Gasteiger partial charge in [-0.1, -0.05) is 19.3 Å². The molecule has 6 nitrogen and oxygen atoms in total. The fourth-order valence-electron chi connectivity index (χ4n) is 5.09. The fourth-order valence-corrected chi connectivity index (χ4v) is 5.09. The van der Waals surface area contributed by atoms with Gasteiger partial charge >= 0.3 is 0 Å². The number of carbonyl (C=O) groups is 1. The minimum absolute atomic E-state index is 0.230. The lowest BCUT2D eigenvalue weighted by Gasteiger charge is -2.36. The molecule has 1 aliphatic heterocycles. The maximum atomic E-state index is 13.7. The van der Waals surface area contributed by atoms with Gasteiger partial charge < -0.3 is 4.90 Å². The van der Waals surface area contributed by atoms with Gasteiger partial charge in [0.15, 0.2) is 5.82 Å². The number of carbonyl (C=O) groups excluding carboxylic acids is 1. The van der Waals surface area contributed by atoms with E-state index in [9.17, 15) is 9.18 Å². The number of hydrogen-bond acceptors (Lipinski definition) is 4. The van der Waals surface area contributed by atoms with Crippen molar-refractivity contribution in [2.45, 2.75) is 51.4 Å². The second kappa shape index (κ2) is 8.73. The average Bonchev–Trinajstić information content (AvgIpc) is 3.22. The van der Waals surface area contributed by atoms with Crippen molar-refractivity contribution in [3.8, 4) is 11.5 Å². The van der Waals surface area contributed by atoms with E-state index in [1.54, 1.807) is 22.9 Å². The van der Waals surface area contributed by atoms with Crippen LogP contribution in [0.15, 0.2) is 36.8 Å². The molecule has 2 fully saturated rings. The van der Waals surface area contributed by atoms with E-state index in [0.717, 1.165) is 50.9 Å². The van der Waals surface area contributed by atoms with E-state index < -0.39 is 0 Å². The number of nitrogens with zero attached hydrogens (tertiary/aromatic N) is 5. The molecule has 5 rings (SSSR count). The van der Waals surface area contributed by atoms with Crippen LogP contribution in [0.1, 0.15) is 50.6 Å². The Morgan fingerprint density at radius 1 is 1.06 bits per heavy atom. The van der Waals surface area contributed by atoms with Crippen molar-refractivity contribution >= 4 is 11.6 Å². The smallest absolute Gasteiger partial charge is 0.225 e. The van der Waals surface area contributed by atoms with Gasteiger partial charge in [0.1, 0.15) is 17.2 Å². The summed E-state index contributed by atoms with van der Waals surface area (Å²) in [5, 5.41) is 0. The van der Waals surface area contributed by atoms with Crippen molar-refractivity contribution in [2.24, 2.45) is 11.8 Å². The first kappa shape index (κ1) is 20.1. The van der Waals surface area contributed by atoms with Crippen LogP contribution in [-0.2, 0) is 11.2 Å². The molecule has 1 saturated heterocycles. The largest absolute Gasteiger partial charge is 0.342 e. The molecular weight excluding hydrogens is 393 g/mol. The molecule has 1 saturated carbocycles. The van der Waals surface area contributed by atoms with Crippen molar-refractivity contribution in [1.82, 2.24) is 24.3 Å². The molecule has 2 aliphatic rings. The molecule has 0 radical (unpaired) electrons. The molecule has 1 aliphatic carbocycles. The lowest BCUT2D eigenvalue weighted by atomic mass is 9.86. The standard InChI is InChI=1S/C24H28FN5O/c25-19-8-9-22-27-14-21(30(22)16-19)23-26-11-10-20(28-23)13-17-5-4-12-29(15-17)24(31)18-6-2-1-3-7-18/h8-11,14,16-18H,1-7,12-13,15H2/t17-/m0/s1. The number of piperidine rings is 1. The highest BCUT2D eigenvalue weighted by Crippen LogP contribution is 2.28. The number of halogens is 1. The molecule has 31 heavy (non-hydrogen) atoms. The van der Waals surface area contributed by atoms with Crippen LogP contribution in [0.2, 0.25) is 0 Å². The Labute approximate surface area is 181 Å². The van der Waals surface area contributed by atoms with Gasteiger partial charge in [-0.2, -0.15) is 0 Å². The minimum Gasteiger partial charge on any atom is -0.342 e. The van der Waals surface area contributed by atoms with Crippen LogP contribution in [0.3, 0.4) is 0 Å². The van der Waals surface area contributed by atoms with Crippen LogP contribution in [0.4, 0.5) is 4.39 Å². The first-order valence-corrected chi connectivity index (χ1v) is 11.4. The Hall–Kier alpha value is -2.83. The fraction of sp³-hybridized carbons (Fsp3) is 0.500. The number of fused-ring (bicyclic) bond motifs is 1. The summed E-state index contributed by atoms with van der Waals surface area (Å²) >= 11 is 0. The highest BCUT2D eigenvalue weighted by atomic mass is 19.1. The van der Waals surface area contributed by atoms with E-state index in [0.29, 0.717) is 29.0 Å². The van der Waals surface area contributed by atoms with Gasteiger partial charge in [0.2, 0.25) is 5.91 Å². The van der Waals surface area contributed by atoms with Crippen LogP contribution in [0.25, 0.3) is 17.2 Å². The van der Waals surface area contributed by atoms with Crippen LogP contribution in [0.5, 0.6) is 0 Å². The molecule has 0 bridgehead atoms. The summed E-state index contributed by atoms with van der Waals surface area (Å²) < 4.78 is 15.4. The molecule has 0 spiro atoms. The molecular formula is C24H28FN5O. The summed E-state index contributed by atoms with van der Waals surface area (Å²) in [6.07, 6.45) is 13.5. The van der Waals surface area contributed by atoms with Crippen molar-refractivity contribution in [1.29, 1.82) is 0 Å². The van der Waals surface area contributed by atoms with Crippen molar-refractivity contribution in [3.63, 3.8) is 0 Å². The second-order valence-corrected chi connectivity index (χ2v) is 8.92. The van der Waals surface area contributed by atoms with Crippen LogP contribution in [0, 0.1) is 17.7 Å². The van der Waals surface area contributed by atoms with Gasteiger partial charge in [0, 0.05) is 37.1 Å². The predicted molar refractivity (Wildman–Crippen MR) is 116 cm³/mol. The topological polar surface area (TPSA) is 63.4 Å². The van der Waals surface area contributed by atoms with Gasteiger partial charge in [-0.25, -0.2) is 19.3 Å². The Morgan fingerprint density at radius 3 is 2.81 bits per heavy atom. The maximum absolute atomic E-state index is 13.7. The summed E-state index contributed by atoms with van der Waals surface area (Å²) in [5.74, 6) is 1.22. The second-order valence-electron chi connectivity index (χ2n) is 8.92. The molecule has 0 unspecified atom stereocenters. The highest BCUT2D eigenvalue weighted by Gasteiger charge is 2.30. The summed E-state index contributed by atoms with van der Waals surface area (Å²) in [4.78, 5) is 28.5. The first-order chi connectivity index (χ1) is 15.2. The summed E-state index contributed by atoms with van der Waals surface area (Å²) in [5.41, 5.74) is 2.29. The molecule has 0 aromatic carbocycles. The Bertz CT molecular complexity index is 1070. The third kappa shape index (κ3) is 4.31. The van der Waals surface area contributed by atoms with Crippen LogP contribution in [-0.4, -0.2) is 43.2 Å². The van der Waals surface area contributed by atoms with Gasteiger partial charge in [-0.15, -0.1) is 0 Å². The van der Waals surface area contributed by atoms with Gasteiger partial charge in [-0.3, -0.25) is 9.20 Å². The number of aromatic nitrogens is 4. The van der Waals surface area contributed by atoms with Gasteiger partial charge in [0.05, 0.1) is 6.20 Å². The number of pyridine rings is 1. The van der Waals surface area contributed by atoms with E-state index in [2.05, 4.69) is 14.9 Å². The van der Waals surface area contributed by atoms with Crippen LogP contribution >= 0.6 is 0 Å². The normalized spacial score (nSPS) is 20.3. The number of likely N-dealkylation sites (tertiary alicyclic amines) is 1. The summed E-state index contributed by atoms with van der Waals surface area (Å²) in [6.45, 7) is 1.70. The quantitative estimate of drug-likeness (QED) is 0.630. The SMILES string of the molecule is O=C(C1CCCCC1)N1CCC[C@@H](Cc2ccnc(-c3cnc4ccc(F)cn34)n2)C1.